The zero-order valence-electron chi connectivity index (χ0n) is 14.0. The molecule has 0 fully saturated rings. The van der Waals surface area contributed by atoms with Gasteiger partial charge in [-0.2, -0.15) is 4.68 Å². The average Bonchev–Trinajstić information content (AvgIpc) is 3.06. The van der Waals surface area contributed by atoms with Crippen LogP contribution in [0.2, 0.25) is 5.02 Å². The molecule has 9 nitrogen and oxygen atoms in total. The zero-order valence-corrected chi connectivity index (χ0v) is 14.8. The third-order valence-electron chi connectivity index (χ3n) is 3.89. The molecule has 2 heterocycles. The Bertz CT molecular complexity index is 864. The Morgan fingerprint density at radius 2 is 2.04 bits per heavy atom. The highest BCUT2D eigenvalue weighted by Crippen LogP contribution is 2.42. The molecule has 1 N–H and O–H groups in total. The molecule has 0 spiro atoms. The molecule has 1 aliphatic heterocycles. The topological polar surface area (TPSA) is 100 Å². The van der Waals surface area contributed by atoms with E-state index in [1.54, 1.807) is 19.1 Å². The van der Waals surface area contributed by atoms with E-state index in [0.29, 0.717) is 39.3 Å². The third-order valence-corrected chi connectivity index (χ3v) is 4.17. The number of carbonyl (C=O) groups is 1. The van der Waals surface area contributed by atoms with Gasteiger partial charge in [0.05, 0.1) is 31.9 Å². The van der Waals surface area contributed by atoms with E-state index in [0.717, 1.165) is 0 Å². The van der Waals surface area contributed by atoms with Crippen LogP contribution < -0.4 is 14.8 Å². The van der Waals surface area contributed by atoms with Gasteiger partial charge in [0.2, 0.25) is 5.95 Å². The molecule has 10 heteroatoms. The summed E-state index contributed by atoms with van der Waals surface area (Å²) in [6.07, 6.45) is 0. The number of fused-ring (bicyclic) bond motifs is 1. The first kappa shape index (κ1) is 17.0. The molecule has 0 bridgehead atoms. The van der Waals surface area contributed by atoms with Crippen LogP contribution in [0.15, 0.2) is 23.4 Å². The van der Waals surface area contributed by atoms with Gasteiger partial charge in [-0.15, -0.1) is 0 Å². The quantitative estimate of drug-likeness (QED) is 0.819. The highest BCUT2D eigenvalue weighted by molar-refractivity contribution is 6.32. The molecule has 0 saturated carbocycles. The van der Waals surface area contributed by atoms with Crippen LogP contribution in [0.4, 0.5) is 5.95 Å². The van der Waals surface area contributed by atoms with Gasteiger partial charge in [0.25, 0.3) is 0 Å². The fraction of sp³-hybridized carbons (Fsp3) is 0.333. The highest BCUT2D eigenvalue weighted by atomic mass is 35.5. The van der Waals surface area contributed by atoms with Crippen LogP contribution in [0.25, 0.3) is 0 Å². The van der Waals surface area contributed by atoms with E-state index in [1.165, 1.54) is 26.0 Å². The van der Waals surface area contributed by atoms with Gasteiger partial charge in [-0.25, -0.2) is 4.79 Å². The molecular weight excluding hydrogens is 350 g/mol. The zero-order chi connectivity index (χ0) is 18.1. The van der Waals surface area contributed by atoms with Crippen molar-refractivity contribution in [2.75, 3.05) is 26.6 Å². The van der Waals surface area contributed by atoms with Crippen molar-refractivity contribution in [3.05, 3.63) is 34.0 Å². The number of carbonyl (C=O) groups excluding carboxylic acids is 1. The SMILES string of the molecule is COC(=O)C1=C(C)Nc2nnnn2C1c1cc(Cl)c(OC)c(OC)c1. The van der Waals surface area contributed by atoms with Crippen LogP contribution in [0.3, 0.4) is 0 Å². The smallest absolute Gasteiger partial charge is 0.338 e. The van der Waals surface area contributed by atoms with E-state index in [1.807, 2.05) is 0 Å². The van der Waals surface area contributed by atoms with Crippen molar-refractivity contribution in [2.24, 2.45) is 0 Å². The molecule has 2 aromatic rings. The summed E-state index contributed by atoms with van der Waals surface area (Å²) in [5, 5.41) is 14.9. The van der Waals surface area contributed by atoms with E-state index in [-0.39, 0.29) is 0 Å². The fourth-order valence-electron chi connectivity index (χ4n) is 2.79. The van der Waals surface area contributed by atoms with Gasteiger partial charge in [-0.1, -0.05) is 16.7 Å². The van der Waals surface area contributed by atoms with Crippen molar-refractivity contribution in [2.45, 2.75) is 13.0 Å². The number of benzene rings is 1. The summed E-state index contributed by atoms with van der Waals surface area (Å²) in [5.41, 5.74) is 1.60. The Morgan fingerprint density at radius 1 is 1.28 bits per heavy atom. The van der Waals surface area contributed by atoms with E-state index in [4.69, 9.17) is 25.8 Å². The monoisotopic (exact) mass is 365 g/mol. The van der Waals surface area contributed by atoms with Crippen LogP contribution in [-0.2, 0) is 9.53 Å². The molecule has 132 valence electrons. The molecule has 0 aliphatic carbocycles. The van der Waals surface area contributed by atoms with Crippen LogP contribution in [0.1, 0.15) is 18.5 Å². The predicted molar refractivity (Wildman–Crippen MR) is 88.9 cm³/mol. The number of nitrogens with one attached hydrogen (secondary N) is 1. The molecule has 3 rings (SSSR count). The number of nitrogens with zero attached hydrogens (tertiary/aromatic N) is 4. The summed E-state index contributed by atoms with van der Waals surface area (Å²) >= 11 is 6.32. The largest absolute Gasteiger partial charge is 0.493 e. The van der Waals surface area contributed by atoms with Gasteiger partial charge >= 0.3 is 5.97 Å². The summed E-state index contributed by atoms with van der Waals surface area (Å²) in [6.45, 7) is 1.75. The Hall–Kier alpha value is -2.81. The number of hydrogen-bond acceptors (Lipinski definition) is 8. The van der Waals surface area contributed by atoms with E-state index >= 15 is 0 Å². The Morgan fingerprint density at radius 3 is 2.68 bits per heavy atom. The number of tetrazole rings is 1. The van der Waals surface area contributed by atoms with Gasteiger partial charge < -0.3 is 19.5 Å². The molecule has 25 heavy (non-hydrogen) atoms. The number of halogens is 1. The summed E-state index contributed by atoms with van der Waals surface area (Å²) in [4.78, 5) is 12.4. The molecule has 0 radical (unpaired) electrons. The number of esters is 1. The highest BCUT2D eigenvalue weighted by Gasteiger charge is 2.35. The Kier molecular flexibility index (Phi) is 4.49. The van der Waals surface area contributed by atoms with Crippen LogP contribution in [0, 0.1) is 0 Å². The number of anilines is 1. The minimum absolute atomic E-state index is 0.340. The van der Waals surface area contributed by atoms with Gasteiger partial charge in [0.15, 0.2) is 11.5 Å². The Balaban J connectivity index is 2.23. The number of hydrogen-bond donors (Lipinski definition) is 1. The molecule has 0 saturated heterocycles. The second-order valence-electron chi connectivity index (χ2n) is 5.24. The summed E-state index contributed by atoms with van der Waals surface area (Å²) < 4.78 is 17.0. The molecular formula is C15H16ClN5O4. The summed E-state index contributed by atoms with van der Waals surface area (Å²) in [7, 11) is 4.32. The van der Waals surface area contributed by atoms with E-state index < -0.39 is 12.0 Å². The number of ether oxygens (including phenoxy) is 3. The van der Waals surface area contributed by atoms with E-state index in [2.05, 4.69) is 20.8 Å². The lowest BCUT2D eigenvalue weighted by molar-refractivity contribution is -0.136. The van der Waals surface area contributed by atoms with Crippen LogP contribution >= 0.6 is 11.6 Å². The first-order valence-electron chi connectivity index (χ1n) is 7.27. The average molecular weight is 366 g/mol. The number of methoxy groups -OCH3 is 3. The minimum atomic E-state index is -0.629. The summed E-state index contributed by atoms with van der Waals surface area (Å²) in [5.74, 6) is 0.738. The van der Waals surface area contributed by atoms with Crippen molar-refractivity contribution in [3.8, 4) is 11.5 Å². The summed E-state index contributed by atoms with van der Waals surface area (Å²) in [6, 6.07) is 2.78. The number of aromatic nitrogens is 4. The van der Waals surface area contributed by atoms with Crippen molar-refractivity contribution in [1.29, 1.82) is 0 Å². The maximum Gasteiger partial charge on any atom is 0.338 e. The van der Waals surface area contributed by atoms with Gasteiger partial charge in [0, 0.05) is 5.70 Å². The normalized spacial score (nSPS) is 16.1. The van der Waals surface area contributed by atoms with E-state index in [9.17, 15) is 4.79 Å². The molecule has 1 aromatic carbocycles. The van der Waals surface area contributed by atoms with Crippen molar-refractivity contribution in [3.63, 3.8) is 0 Å². The third kappa shape index (κ3) is 2.76. The first-order chi connectivity index (χ1) is 12.0. The van der Waals surface area contributed by atoms with Crippen LogP contribution in [-0.4, -0.2) is 47.5 Å². The molecule has 1 atom stereocenters. The van der Waals surface area contributed by atoms with Crippen molar-refractivity contribution >= 4 is 23.5 Å². The maximum absolute atomic E-state index is 12.4. The lowest BCUT2D eigenvalue weighted by Crippen LogP contribution is -2.29. The lowest BCUT2D eigenvalue weighted by atomic mass is 9.95. The van der Waals surface area contributed by atoms with Gasteiger partial charge in [0.1, 0.15) is 6.04 Å². The van der Waals surface area contributed by atoms with Gasteiger partial charge in [-0.3, -0.25) is 0 Å². The molecule has 1 unspecified atom stereocenters. The predicted octanol–water partition coefficient (Wildman–Crippen LogP) is 1.81. The Labute approximate surface area is 148 Å². The maximum atomic E-state index is 12.4. The van der Waals surface area contributed by atoms with Crippen LogP contribution in [0.5, 0.6) is 11.5 Å². The second-order valence-corrected chi connectivity index (χ2v) is 5.65. The second kappa shape index (κ2) is 6.60. The van der Waals surface area contributed by atoms with Crippen molar-refractivity contribution < 1.29 is 19.0 Å². The molecule has 0 amide bonds. The minimum Gasteiger partial charge on any atom is -0.493 e. The van der Waals surface area contributed by atoms with Gasteiger partial charge in [-0.05, 0) is 35.0 Å². The first-order valence-corrected chi connectivity index (χ1v) is 7.65. The number of allylic oxidation sites excluding steroid dienone is 1. The number of rotatable bonds is 4. The molecule has 1 aliphatic rings. The standard InChI is InChI=1S/C15H16ClN5O4/c1-7-11(14(22)25-4)12(21-15(17-7)18-19-20-21)8-5-9(16)13(24-3)10(6-8)23-2/h5-6,12H,1-4H3,(H,17,18,20). The van der Waals surface area contributed by atoms with Crippen molar-refractivity contribution in [1.82, 2.24) is 20.2 Å². The molecule has 1 aromatic heterocycles. The fourth-order valence-corrected chi connectivity index (χ4v) is 3.09. The lowest BCUT2D eigenvalue weighted by Gasteiger charge is -2.27.